The third-order valence-corrected chi connectivity index (χ3v) is 4.18. The van der Waals surface area contributed by atoms with Crippen LogP contribution in [0.4, 0.5) is 16.2 Å². The van der Waals surface area contributed by atoms with E-state index in [0.717, 1.165) is 29.8 Å². The van der Waals surface area contributed by atoms with Crippen molar-refractivity contribution in [2.24, 2.45) is 0 Å². The highest BCUT2D eigenvalue weighted by Gasteiger charge is 2.19. The minimum absolute atomic E-state index is 0.118. The van der Waals surface area contributed by atoms with Crippen molar-refractivity contribution in [3.8, 4) is 0 Å². The molecule has 6 heteroatoms. The van der Waals surface area contributed by atoms with E-state index >= 15 is 0 Å². The molecule has 130 valence electrons. The molecule has 0 atom stereocenters. The van der Waals surface area contributed by atoms with E-state index in [-0.39, 0.29) is 11.9 Å². The lowest BCUT2D eigenvalue weighted by Gasteiger charge is -2.27. The van der Waals surface area contributed by atoms with E-state index in [1.807, 2.05) is 30.3 Å². The average Bonchev–Trinajstić information content (AvgIpc) is 2.64. The maximum Gasteiger partial charge on any atom is 0.321 e. The summed E-state index contributed by atoms with van der Waals surface area (Å²) < 4.78 is 0. The number of nitrogen functional groups attached to an aromatic ring is 1. The molecule has 0 saturated carbocycles. The van der Waals surface area contributed by atoms with Crippen LogP contribution in [0.3, 0.4) is 0 Å². The van der Waals surface area contributed by atoms with Gasteiger partial charge in [-0.2, -0.15) is 0 Å². The van der Waals surface area contributed by atoms with Crippen LogP contribution in [0.15, 0.2) is 48.5 Å². The molecule has 2 aromatic carbocycles. The first-order valence-corrected chi connectivity index (χ1v) is 8.41. The zero-order valence-electron chi connectivity index (χ0n) is 14.0. The SMILES string of the molecule is Nc1ccc(CCNC(=O)c2cccc(N3CCCNC3=O)c2)cc1. The molecule has 4 N–H and O–H groups in total. The van der Waals surface area contributed by atoms with Gasteiger partial charge in [-0.1, -0.05) is 18.2 Å². The summed E-state index contributed by atoms with van der Waals surface area (Å²) in [6.45, 7) is 1.89. The van der Waals surface area contributed by atoms with Crippen LogP contribution in [-0.2, 0) is 6.42 Å². The highest BCUT2D eigenvalue weighted by Crippen LogP contribution is 2.18. The van der Waals surface area contributed by atoms with Crippen molar-refractivity contribution in [2.45, 2.75) is 12.8 Å². The molecule has 0 radical (unpaired) electrons. The van der Waals surface area contributed by atoms with Crippen LogP contribution in [0, 0.1) is 0 Å². The van der Waals surface area contributed by atoms with Crippen molar-refractivity contribution in [2.75, 3.05) is 30.3 Å². The number of benzene rings is 2. The lowest BCUT2D eigenvalue weighted by Crippen LogP contribution is -2.46. The van der Waals surface area contributed by atoms with Crippen LogP contribution in [0.25, 0.3) is 0 Å². The summed E-state index contributed by atoms with van der Waals surface area (Å²) in [6.07, 6.45) is 1.63. The molecule has 1 heterocycles. The molecule has 0 aromatic heterocycles. The van der Waals surface area contributed by atoms with Gasteiger partial charge in [-0.3, -0.25) is 9.69 Å². The Morgan fingerprint density at radius 2 is 2.00 bits per heavy atom. The maximum absolute atomic E-state index is 12.4. The zero-order chi connectivity index (χ0) is 17.6. The van der Waals surface area contributed by atoms with Crippen molar-refractivity contribution in [1.82, 2.24) is 10.6 Å². The number of anilines is 2. The minimum Gasteiger partial charge on any atom is -0.399 e. The number of nitrogens with one attached hydrogen (secondary N) is 2. The predicted octanol–water partition coefficient (Wildman–Crippen LogP) is 2.16. The summed E-state index contributed by atoms with van der Waals surface area (Å²) in [5.74, 6) is -0.144. The molecular formula is C19H22N4O2. The molecule has 6 nitrogen and oxygen atoms in total. The second-order valence-corrected chi connectivity index (χ2v) is 6.03. The molecule has 3 amide bonds. The number of hydrogen-bond donors (Lipinski definition) is 3. The Morgan fingerprint density at radius 1 is 1.20 bits per heavy atom. The fourth-order valence-corrected chi connectivity index (χ4v) is 2.80. The molecule has 1 saturated heterocycles. The Labute approximate surface area is 147 Å². The molecule has 3 rings (SSSR count). The monoisotopic (exact) mass is 338 g/mol. The Bertz CT molecular complexity index is 758. The number of nitrogens with zero attached hydrogens (tertiary/aromatic N) is 1. The Hall–Kier alpha value is -3.02. The van der Waals surface area contributed by atoms with E-state index in [1.54, 1.807) is 23.1 Å². The number of hydrogen-bond acceptors (Lipinski definition) is 3. The Balaban J connectivity index is 1.59. The number of urea groups is 1. The van der Waals surface area contributed by atoms with Crippen LogP contribution in [-0.4, -0.2) is 31.6 Å². The second-order valence-electron chi connectivity index (χ2n) is 6.03. The van der Waals surface area contributed by atoms with Gasteiger partial charge in [-0.15, -0.1) is 0 Å². The van der Waals surface area contributed by atoms with Gasteiger partial charge < -0.3 is 16.4 Å². The van der Waals surface area contributed by atoms with Gasteiger partial charge in [-0.25, -0.2) is 4.79 Å². The third kappa shape index (κ3) is 4.29. The topological polar surface area (TPSA) is 87.5 Å². The maximum atomic E-state index is 12.4. The molecular weight excluding hydrogens is 316 g/mol. The number of amides is 3. The Morgan fingerprint density at radius 3 is 2.76 bits per heavy atom. The van der Waals surface area contributed by atoms with E-state index in [1.165, 1.54) is 0 Å². The van der Waals surface area contributed by atoms with Crippen molar-refractivity contribution < 1.29 is 9.59 Å². The van der Waals surface area contributed by atoms with Gasteiger partial charge in [0.15, 0.2) is 0 Å². The molecule has 0 aliphatic carbocycles. The predicted molar refractivity (Wildman–Crippen MR) is 98.7 cm³/mol. The number of carbonyl (C=O) groups excluding carboxylic acids is 2. The largest absolute Gasteiger partial charge is 0.399 e. The first-order chi connectivity index (χ1) is 12.1. The van der Waals surface area contributed by atoms with Crippen LogP contribution in [0.2, 0.25) is 0 Å². The molecule has 1 aliphatic rings. The zero-order valence-corrected chi connectivity index (χ0v) is 14.0. The third-order valence-electron chi connectivity index (χ3n) is 4.18. The molecule has 1 fully saturated rings. The van der Waals surface area contributed by atoms with Crippen molar-refractivity contribution >= 4 is 23.3 Å². The van der Waals surface area contributed by atoms with Crippen LogP contribution in [0.5, 0.6) is 0 Å². The first kappa shape index (κ1) is 16.8. The van der Waals surface area contributed by atoms with Crippen LogP contribution in [0.1, 0.15) is 22.3 Å². The van der Waals surface area contributed by atoms with Gasteiger partial charge in [0.1, 0.15) is 0 Å². The molecule has 0 bridgehead atoms. The molecule has 1 aliphatic heterocycles. The van der Waals surface area contributed by atoms with E-state index in [2.05, 4.69) is 10.6 Å². The summed E-state index contributed by atoms with van der Waals surface area (Å²) in [7, 11) is 0. The van der Waals surface area contributed by atoms with Crippen LogP contribution < -0.4 is 21.3 Å². The smallest absolute Gasteiger partial charge is 0.321 e. The second kappa shape index (κ2) is 7.70. The lowest BCUT2D eigenvalue weighted by atomic mass is 10.1. The van der Waals surface area contributed by atoms with Crippen molar-refractivity contribution in [3.05, 3.63) is 59.7 Å². The van der Waals surface area contributed by atoms with Gasteiger partial charge in [0.2, 0.25) is 0 Å². The van der Waals surface area contributed by atoms with E-state index in [9.17, 15) is 9.59 Å². The number of carbonyl (C=O) groups is 2. The number of rotatable bonds is 5. The van der Waals surface area contributed by atoms with Gasteiger partial charge in [0.05, 0.1) is 0 Å². The van der Waals surface area contributed by atoms with E-state index in [0.29, 0.717) is 25.2 Å². The average molecular weight is 338 g/mol. The van der Waals surface area contributed by atoms with E-state index < -0.39 is 0 Å². The highest BCUT2D eigenvalue weighted by molar-refractivity contribution is 5.97. The van der Waals surface area contributed by atoms with Crippen LogP contribution >= 0.6 is 0 Å². The molecule has 25 heavy (non-hydrogen) atoms. The fourth-order valence-electron chi connectivity index (χ4n) is 2.80. The number of nitrogens with two attached hydrogens (primary N) is 1. The fraction of sp³-hybridized carbons (Fsp3) is 0.263. The van der Waals surface area contributed by atoms with Gasteiger partial charge >= 0.3 is 6.03 Å². The Kier molecular flexibility index (Phi) is 5.18. The van der Waals surface area contributed by atoms with Gasteiger partial charge in [0.25, 0.3) is 5.91 Å². The van der Waals surface area contributed by atoms with Crippen molar-refractivity contribution in [3.63, 3.8) is 0 Å². The minimum atomic E-state index is -0.144. The van der Waals surface area contributed by atoms with E-state index in [4.69, 9.17) is 5.73 Å². The summed E-state index contributed by atoms with van der Waals surface area (Å²) in [5, 5.41) is 5.73. The van der Waals surface area contributed by atoms with Gasteiger partial charge in [-0.05, 0) is 48.7 Å². The van der Waals surface area contributed by atoms with Crippen molar-refractivity contribution in [1.29, 1.82) is 0 Å². The summed E-state index contributed by atoms with van der Waals surface area (Å²) in [5.41, 5.74) is 8.80. The molecule has 2 aromatic rings. The lowest BCUT2D eigenvalue weighted by molar-refractivity contribution is 0.0954. The highest BCUT2D eigenvalue weighted by atomic mass is 16.2. The quantitative estimate of drug-likeness (QED) is 0.730. The summed E-state index contributed by atoms with van der Waals surface area (Å²) >= 11 is 0. The molecule has 0 spiro atoms. The summed E-state index contributed by atoms with van der Waals surface area (Å²) in [6, 6.07) is 14.6. The van der Waals surface area contributed by atoms with Gasteiger partial charge in [0, 0.05) is 36.6 Å². The standard InChI is InChI=1S/C19H22N4O2/c20-16-7-5-14(6-8-16)9-11-21-18(24)15-3-1-4-17(13-15)23-12-2-10-22-19(23)25/h1,3-8,13H,2,9-12,20H2,(H,21,24)(H,22,25). The molecule has 0 unspecified atom stereocenters. The summed E-state index contributed by atoms with van der Waals surface area (Å²) in [4.78, 5) is 26.0. The first-order valence-electron chi connectivity index (χ1n) is 8.41. The normalized spacial score (nSPS) is 14.1.